The highest BCUT2D eigenvalue weighted by atomic mass is 16.3. The second-order valence-electron chi connectivity index (χ2n) is 5.46. The number of carbonyl (C=O) groups excluding carboxylic acids is 1. The minimum absolute atomic E-state index is 0.0301. The third-order valence-corrected chi connectivity index (χ3v) is 3.93. The number of aliphatic hydroxyl groups excluding tert-OH is 1. The molecule has 1 unspecified atom stereocenters. The zero-order valence-corrected chi connectivity index (χ0v) is 12.6. The van der Waals surface area contributed by atoms with Gasteiger partial charge in [0.25, 0.3) is 0 Å². The summed E-state index contributed by atoms with van der Waals surface area (Å²) in [7, 11) is 1.67. The van der Waals surface area contributed by atoms with E-state index < -0.39 is 0 Å². The van der Waals surface area contributed by atoms with Crippen LogP contribution in [0.15, 0.2) is 22.8 Å². The Morgan fingerprint density at radius 3 is 2.86 bits per heavy atom. The van der Waals surface area contributed by atoms with Crippen molar-refractivity contribution in [2.75, 3.05) is 39.8 Å². The van der Waals surface area contributed by atoms with E-state index in [1.54, 1.807) is 13.3 Å². The molecule has 0 aliphatic carbocycles. The summed E-state index contributed by atoms with van der Waals surface area (Å²) in [4.78, 5) is 15.8. The third-order valence-electron chi connectivity index (χ3n) is 3.93. The van der Waals surface area contributed by atoms with Crippen molar-refractivity contribution >= 4 is 6.03 Å². The van der Waals surface area contributed by atoms with Gasteiger partial charge < -0.3 is 19.7 Å². The van der Waals surface area contributed by atoms with Gasteiger partial charge in [-0.25, -0.2) is 4.79 Å². The molecule has 1 atom stereocenters. The van der Waals surface area contributed by atoms with Crippen molar-refractivity contribution in [1.29, 1.82) is 0 Å². The lowest BCUT2D eigenvalue weighted by Crippen LogP contribution is -2.44. The van der Waals surface area contributed by atoms with E-state index in [0.29, 0.717) is 13.1 Å². The molecule has 1 aromatic heterocycles. The van der Waals surface area contributed by atoms with Gasteiger partial charge in [-0.2, -0.15) is 0 Å². The monoisotopic (exact) mass is 295 g/mol. The minimum Gasteiger partial charge on any atom is -0.468 e. The Morgan fingerprint density at radius 1 is 1.48 bits per heavy atom. The summed E-state index contributed by atoms with van der Waals surface area (Å²) in [6, 6.07) is 3.75. The molecule has 118 valence electrons. The van der Waals surface area contributed by atoms with Gasteiger partial charge in [-0.05, 0) is 38.1 Å². The Hall–Kier alpha value is -1.53. The van der Waals surface area contributed by atoms with Gasteiger partial charge in [-0.15, -0.1) is 0 Å². The van der Waals surface area contributed by atoms with Crippen molar-refractivity contribution in [1.82, 2.24) is 15.1 Å². The number of urea groups is 1. The molecule has 2 N–H and O–H groups in total. The van der Waals surface area contributed by atoms with Crippen LogP contribution in [0.25, 0.3) is 0 Å². The molecule has 6 heteroatoms. The van der Waals surface area contributed by atoms with Crippen LogP contribution in [0.4, 0.5) is 4.79 Å². The first-order valence-corrected chi connectivity index (χ1v) is 7.59. The first kappa shape index (κ1) is 15.9. The first-order valence-electron chi connectivity index (χ1n) is 7.59. The smallest absolute Gasteiger partial charge is 0.317 e. The molecule has 2 rings (SSSR count). The molecule has 0 aromatic carbocycles. The summed E-state index contributed by atoms with van der Waals surface area (Å²) in [5.41, 5.74) is 0. The van der Waals surface area contributed by atoms with E-state index >= 15 is 0 Å². The standard InChI is InChI=1S/C15H25N3O3/c1-17(9-10-19)15(20)16-12-13(14-6-5-11-21-14)18-7-3-2-4-8-18/h5-6,11,13,19H,2-4,7-10,12H2,1H3,(H,16,20). The fourth-order valence-electron chi connectivity index (χ4n) is 2.69. The van der Waals surface area contributed by atoms with E-state index in [2.05, 4.69) is 10.2 Å². The Bertz CT molecular complexity index is 416. The average Bonchev–Trinajstić information content (AvgIpc) is 3.03. The summed E-state index contributed by atoms with van der Waals surface area (Å²) in [6.45, 7) is 2.89. The summed E-state index contributed by atoms with van der Waals surface area (Å²) >= 11 is 0. The summed E-state index contributed by atoms with van der Waals surface area (Å²) in [5.74, 6) is 0.891. The molecular weight excluding hydrogens is 270 g/mol. The van der Waals surface area contributed by atoms with Crippen LogP contribution < -0.4 is 5.32 Å². The zero-order chi connectivity index (χ0) is 15.1. The summed E-state index contributed by atoms with van der Waals surface area (Å²) in [5, 5.41) is 11.8. The summed E-state index contributed by atoms with van der Waals surface area (Å²) < 4.78 is 5.54. The molecule has 1 aliphatic heterocycles. The van der Waals surface area contributed by atoms with Crippen LogP contribution in [-0.2, 0) is 0 Å². The van der Waals surface area contributed by atoms with Gasteiger partial charge in [0.2, 0.25) is 0 Å². The van der Waals surface area contributed by atoms with Crippen LogP contribution in [0.2, 0.25) is 0 Å². The lowest BCUT2D eigenvalue weighted by molar-refractivity contribution is 0.139. The molecule has 1 aromatic rings. The molecule has 0 saturated carbocycles. The summed E-state index contributed by atoms with van der Waals surface area (Å²) in [6.07, 6.45) is 5.32. The van der Waals surface area contributed by atoms with Crippen molar-refractivity contribution in [2.45, 2.75) is 25.3 Å². The number of nitrogens with zero attached hydrogens (tertiary/aromatic N) is 2. The first-order chi connectivity index (χ1) is 10.2. The number of piperidine rings is 1. The van der Waals surface area contributed by atoms with E-state index in [-0.39, 0.29) is 18.7 Å². The molecule has 0 spiro atoms. The fraction of sp³-hybridized carbons (Fsp3) is 0.667. The molecule has 2 heterocycles. The van der Waals surface area contributed by atoms with Gasteiger partial charge in [0, 0.05) is 20.1 Å². The molecule has 0 radical (unpaired) electrons. The lowest BCUT2D eigenvalue weighted by atomic mass is 10.1. The van der Waals surface area contributed by atoms with Crippen molar-refractivity contribution in [3.8, 4) is 0 Å². The Kier molecular flexibility index (Phi) is 6.07. The number of likely N-dealkylation sites (N-methyl/N-ethyl adjacent to an activating group) is 1. The lowest BCUT2D eigenvalue weighted by Gasteiger charge is -2.33. The van der Waals surface area contributed by atoms with E-state index in [4.69, 9.17) is 9.52 Å². The van der Waals surface area contributed by atoms with Crippen LogP contribution in [0.1, 0.15) is 31.1 Å². The van der Waals surface area contributed by atoms with Crippen LogP contribution in [0.3, 0.4) is 0 Å². The maximum atomic E-state index is 11.9. The van der Waals surface area contributed by atoms with Crippen LogP contribution in [0.5, 0.6) is 0 Å². The van der Waals surface area contributed by atoms with Crippen LogP contribution in [-0.4, -0.2) is 60.8 Å². The van der Waals surface area contributed by atoms with Crippen LogP contribution >= 0.6 is 0 Å². The molecule has 1 fully saturated rings. The zero-order valence-electron chi connectivity index (χ0n) is 12.6. The van der Waals surface area contributed by atoms with E-state index in [1.165, 1.54) is 24.2 Å². The SMILES string of the molecule is CN(CCO)C(=O)NCC(c1ccco1)N1CCCCC1. The Balaban J connectivity index is 1.94. The van der Waals surface area contributed by atoms with Gasteiger partial charge in [0.05, 0.1) is 18.9 Å². The number of amides is 2. The van der Waals surface area contributed by atoms with Gasteiger partial charge in [0.15, 0.2) is 0 Å². The number of hydrogen-bond acceptors (Lipinski definition) is 4. The predicted molar refractivity (Wildman–Crippen MR) is 80.0 cm³/mol. The molecule has 21 heavy (non-hydrogen) atoms. The average molecular weight is 295 g/mol. The molecule has 6 nitrogen and oxygen atoms in total. The third kappa shape index (κ3) is 4.47. The van der Waals surface area contributed by atoms with Gasteiger partial charge in [-0.3, -0.25) is 4.90 Å². The minimum atomic E-state index is -0.169. The maximum Gasteiger partial charge on any atom is 0.317 e. The number of rotatable bonds is 6. The second kappa shape index (κ2) is 8.05. The number of furan rings is 1. The van der Waals surface area contributed by atoms with Crippen molar-refractivity contribution in [3.63, 3.8) is 0 Å². The van der Waals surface area contributed by atoms with E-state index in [1.807, 2.05) is 12.1 Å². The topological polar surface area (TPSA) is 69.0 Å². The quantitative estimate of drug-likeness (QED) is 0.833. The molecular formula is C15H25N3O3. The van der Waals surface area contributed by atoms with Crippen LogP contribution in [0, 0.1) is 0 Å². The molecule has 0 bridgehead atoms. The predicted octanol–water partition coefficient (Wildman–Crippen LogP) is 1.44. The normalized spacial score (nSPS) is 17.4. The molecule has 1 saturated heterocycles. The van der Waals surface area contributed by atoms with E-state index in [0.717, 1.165) is 18.8 Å². The maximum absolute atomic E-state index is 11.9. The van der Waals surface area contributed by atoms with Gasteiger partial charge >= 0.3 is 6.03 Å². The number of nitrogens with one attached hydrogen (secondary N) is 1. The number of aliphatic hydroxyl groups is 1. The molecule has 1 aliphatic rings. The Morgan fingerprint density at radius 2 is 2.24 bits per heavy atom. The largest absolute Gasteiger partial charge is 0.468 e. The van der Waals surface area contributed by atoms with E-state index in [9.17, 15) is 4.79 Å². The van der Waals surface area contributed by atoms with Crippen molar-refractivity contribution in [2.24, 2.45) is 0 Å². The highest BCUT2D eigenvalue weighted by Crippen LogP contribution is 2.24. The van der Waals surface area contributed by atoms with Crippen molar-refractivity contribution < 1.29 is 14.3 Å². The Labute approximate surface area is 125 Å². The molecule has 2 amide bonds. The number of hydrogen-bond donors (Lipinski definition) is 2. The number of carbonyl (C=O) groups is 1. The van der Waals surface area contributed by atoms with Crippen molar-refractivity contribution in [3.05, 3.63) is 24.2 Å². The van der Waals surface area contributed by atoms with Gasteiger partial charge in [-0.1, -0.05) is 6.42 Å². The highest BCUT2D eigenvalue weighted by Gasteiger charge is 2.25. The number of likely N-dealkylation sites (tertiary alicyclic amines) is 1. The van der Waals surface area contributed by atoms with Gasteiger partial charge in [0.1, 0.15) is 5.76 Å². The fourth-order valence-corrected chi connectivity index (χ4v) is 2.69. The second-order valence-corrected chi connectivity index (χ2v) is 5.46. The highest BCUT2D eigenvalue weighted by molar-refractivity contribution is 5.73.